The van der Waals surface area contributed by atoms with E-state index in [1.165, 1.54) is 13.1 Å². The number of carbonyl (C=O) groups is 3. The monoisotopic (exact) mass is 340 g/mol. The fourth-order valence-electron chi connectivity index (χ4n) is 2.58. The number of aliphatic hydroxyl groups excluding tert-OH is 1. The third kappa shape index (κ3) is 2.97. The summed E-state index contributed by atoms with van der Waals surface area (Å²) in [4.78, 5) is 35.5. The number of fused-ring (bicyclic) bond motifs is 1. The lowest BCUT2D eigenvalue weighted by molar-refractivity contribution is -0.142. The third-order valence-corrected chi connectivity index (χ3v) is 4.83. The van der Waals surface area contributed by atoms with Gasteiger partial charge in [-0.05, 0) is 12.5 Å². The summed E-state index contributed by atoms with van der Waals surface area (Å²) in [6.07, 6.45) is 1.30. The van der Waals surface area contributed by atoms with Crippen LogP contribution in [0.15, 0.2) is 33.4 Å². The number of hydrogen-bond acceptors (Lipinski definition) is 5. The number of rotatable bonds is 5. The molecule has 0 aromatic rings. The molecule has 2 heterocycles. The molecule has 0 aromatic carbocycles. The van der Waals surface area contributed by atoms with E-state index in [4.69, 9.17) is 5.11 Å². The molecule has 3 N–H and O–H groups in total. The summed E-state index contributed by atoms with van der Waals surface area (Å²) in [5, 5.41) is 22.0. The van der Waals surface area contributed by atoms with Crippen molar-refractivity contribution in [1.82, 2.24) is 10.2 Å². The minimum absolute atomic E-state index is 0.109. The molecule has 9 heteroatoms. The zero-order valence-electron chi connectivity index (χ0n) is 12.5. The molecule has 2 aliphatic heterocycles. The molecule has 124 valence electrons. The number of β-lactam (4-membered cyclic amide) rings is 1. The van der Waals surface area contributed by atoms with Crippen LogP contribution in [0.4, 0.5) is 0 Å². The van der Waals surface area contributed by atoms with Gasteiger partial charge < -0.3 is 15.5 Å². The molecule has 0 aliphatic carbocycles. The average Bonchev–Trinajstić information content (AvgIpc) is 2.82. The second-order valence-corrected chi connectivity index (χ2v) is 6.48. The van der Waals surface area contributed by atoms with Gasteiger partial charge in [-0.25, -0.2) is 9.00 Å². The van der Waals surface area contributed by atoms with Gasteiger partial charge in [0.1, 0.15) is 5.70 Å². The largest absolute Gasteiger partial charge is 0.477 e. The third-order valence-electron chi connectivity index (χ3n) is 3.60. The van der Waals surface area contributed by atoms with Crippen LogP contribution in [0.5, 0.6) is 0 Å². The van der Waals surface area contributed by atoms with Crippen LogP contribution in [-0.2, 0) is 25.2 Å². The molecule has 0 bridgehead atoms. The van der Waals surface area contributed by atoms with Gasteiger partial charge in [-0.3, -0.25) is 14.5 Å². The normalized spacial score (nSPS) is 23.7. The summed E-state index contributed by atoms with van der Waals surface area (Å²) in [5.41, 5.74) is 0.547. The van der Waals surface area contributed by atoms with Crippen molar-refractivity contribution >= 4 is 28.6 Å². The Morgan fingerprint density at radius 2 is 2.09 bits per heavy atom. The maximum atomic E-state index is 12.3. The van der Waals surface area contributed by atoms with Crippen LogP contribution < -0.4 is 5.32 Å². The molecule has 0 saturated carbocycles. The summed E-state index contributed by atoms with van der Waals surface area (Å²) in [7, 11) is -1.78. The van der Waals surface area contributed by atoms with Crippen LogP contribution in [0.2, 0.25) is 0 Å². The first-order valence-electron chi connectivity index (χ1n) is 6.74. The Labute approximate surface area is 134 Å². The number of carboxylic acids is 1. The van der Waals surface area contributed by atoms with E-state index in [0.29, 0.717) is 11.1 Å². The number of nitrogens with zero attached hydrogens (tertiary/aromatic N) is 1. The predicted molar refractivity (Wildman–Crippen MR) is 80.8 cm³/mol. The van der Waals surface area contributed by atoms with E-state index in [2.05, 4.69) is 5.32 Å². The van der Waals surface area contributed by atoms with Crippen molar-refractivity contribution in [3.8, 4) is 0 Å². The number of carbonyl (C=O) groups excluding carboxylic acids is 2. The molecule has 2 rings (SSSR count). The minimum Gasteiger partial charge on any atom is -0.477 e. The van der Waals surface area contributed by atoms with Crippen LogP contribution in [0.1, 0.15) is 20.3 Å². The molecule has 2 amide bonds. The molecule has 2 atom stereocenters. The van der Waals surface area contributed by atoms with Crippen LogP contribution in [0.25, 0.3) is 0 Å². The molecule has 1 unspecified atom stereocenters. The van der Waals surface area contributed by atoms with Crippen molar-refractivity contribution in [3.05, 3.63) is 33.4 Å². The molecule has 0 radical (unpaired) electrons. The van der Waals surface area contributed by atoms with Crippen LogP contribution in [-0.4, -0.2) is 49.8 Å². The van der Waals surface area contributed by atoms with Crippen molar-refractivity contribution in [2.75, 3.05) is 6.61 Å². The van der Waals surface area contributed by atoms with Gasteiger partial charge in [0.05, 0.1) is 28.4 Å². The highest BCUT2D eigenvalue weighted by Crippen LogP contribution is 2.44. The lowest BCUT2D eigenvalue weighted by Gasteiger charge is -2.39. The van der Waals surface area contributed by atoms with Gasteiger partial charge in [-0.2, -0.15) is 0 Å². The maximum Gasteiger partial charge on any atom is 0.353 e. The summed E-state index contributed by atoms with van der Waals surface area (Å²) < 4.78 is 12.3. The van der Waals surface area contributed by atoms with Gasteiger partial charge in [0.2, 0.25) is 5.91 Å². The van der Waals surface area contributed by atoms with Crippen LogP contribution in [0.3, 0.4) is 0 Å². The SMILES string of the molecule is CC(=O)N/C=C/S(=O)C1=C(C(=O)O)N2C(=O)/C(=C(/C)CO)[C@H]2C1. The fraction of sp³-hybridized carbons (Fsp3) is 0.357. The highest BCUT2D eigenvalue weighted by Gasteiger charge is 2.53. The van der Waals surface area contributed by atoms with E-state index in [-0.39, 0.29) is 29.5 Å². The number of aliphatic hydroxyl groups is 1. The standard InChI is InChI=1S/C14H16N2O6S/c1-7(6-17)11-9-5-10(23(22)4-3-15-8(2)18)12(14(20)21)16(9)13(11)19/h3-4,9,17H,5-6H2,1-2H3,(H,15,18)(H,20,21)/b4-3+,11-7-/t9-,23?/m1/s1. The van der Waals surface area contributed by atoms with E-state index in [1.807, 2.05) is 0 Å². The smallest absolute Gasteiger partial charge is 0.353 e. The molecule has 2 aliphatic rings. The lowest BCUT2D eigenvalue weighted by Crippen LogP contribution is -2.53. The molecule has 8 nitrogen and oxygen atoms in total. The predicted octanol–water partition coefficient (Wildman–Crippen LogP) is -0.438. The number of carboxylic acid groups (broad SMARTS) is 1. The molecular formula is C14H16N2O6S. The quantitative estimate of drug-likeness (QED) is 0.460. The molecule has 1 saturated heterocycles. The average molecular weight is 340 g/mol. The van der Waals surface area contributed by atoms with E-state index < -0.39 is 28.7 Å². The number of aliphatic carboxylic acids is 1. The van der Waals surface area contributed by atoms with Gasteiger partial charge in [0, 0.05) is 30.5 Å². The summed E-state index contributed by atoms with van der Waals surface area (Å²) in [6.45, 7) is 2.58. The molecule has 0 spiro atoms. The van der Waals surface area contributed by atoms with Crippen molar-refractivity contribution in [2.24, 2.45) is 0 Å². The van der Waals surface area contributed by atoms with E-state index >= 15 is 0 Å². The highest BCUT2D eigenvalue weighted by atomic mass is 32.2. The fourth-order valence-corrected chi connectivity index (χ4v) is 3.64. The second kappa shape index (κ2) is 6.47. The van der Waals surface area contributed by atoms with Crippen molar-refractivity contribution in [2.45, 2.75) is 26.3 Å². The van der Waals surface area contributed by atoms with Crippen molar-refractivity contribution in [3.63, 3.8) is 0 Å². The number of amides is 2. The second-order valence-electron chi connectivity index (χ2n) is 5.12. The highest BCUT2D eigenvalue weighted by molar-refractivity contribution is 7.91. The van der Waals surface area contributed by atoms with Crippen LogP contribution >= 0.6 is 0 Å². The summed E-state index contributed by atoms with van der Waals surface area (Å²) in [6, 6.07) is -0.506. The Kier molecular flexibility index (Phi) is 4.81. The Balaban J connectivity index is 2.32. The number of nitrogens with one attached hydrogen (secondary N) is 1. The van der Waals surface area contributed by atoms with Crippen molar-refractivity contribution in [1.29, 1.82) is 0 Å². The zero-order chi connectivity index (χ0) is 17.3. The Hall–Kier alpha value is -2.26. The Morgan fingerprint density at radius 1 is 1.43 bits per heavy atom. The van der Waals surface area contributed by atoms with Gasteiger partial charge in [0.25, 0.3) is 5.91 Å². The Bertz CT molecular complexity index is 706. The van der Waals surface area contributed by atoms with Gasteiger partial charge in [-0.1, -0.05) is 0 Å². The van der Waals surface area contributed by atoms with Gasteiger partial charge in [-0.15, -0.1) is 0 Å². The van der Waals surface area contributed by atoms with E-state index in [1.54, 1.807) is 6.92 Å². The number of hydrogen-bond donors (Lipinski definition) is 3. The minimum atomic E-state index is -1.78. The maximum absolute atomic E-state index is 12.3. The van der Waals surface area contributed by atoms with Gasteiger partial charge in [0.15, 0.2) is 0 Å². The lowest BCUT2D eigenvalue weighted by atomic mass is 9.90. The van der Waals surface area contributed by atoms with Crippen molar-refractivity contribution < 1.29 is 28.8 Å². The first-order chi connectivity index (χ1) is 10.8. The van der Waals surface area contributed by atoms with E-state index in [0.717, 1.165) is 10.3 Å². The van der Waals surface area contributed by atoms with Crippen LogP contribution in [0, 0.1) is 0 Å². The summed E-state index contributed by atoms with van der Waals surface area (Å²) in [5.74, 6) is -2.17. The molecule has 23 heavy (non-hydrogen) atoms. The van der Waals surface area contributed by atoms with Gasteiger partial charge >= 0.3 is 5.97 Å². The summed E-state index contributed by atoms with van der Waals surface area (Å²) >= 11 is 0. The first kappa shape index (κ1) is 17.1. The first-order valence-corrected chi connectivity index (χ1v) is 7.95. The molecule has 0 aromatic heterocycles. The van der Waals surface area contributed by atoms with E-state index in [9.17, 15) is 23.7 Å². The molecule has 1 fully saturated rings. The zero-order valence-corrected chi connectivity index (χ0v) is 13.3. The Morgan fingerprint density at radius 3 is 2.61 bits per heavy atom. The molecular weight excluding hydrogens is 324 g/mol. The topological polar surface area (TPSA) is 124 Å².